The monoisotopic (exact) mass is 454 g/mol. The summed E-state index contributed by atoms with van der Waals surface area (Å²) in [6.07, 6.45) is -10.5. The van der Waals surface area contributed by atoms with Crippen LogP contribution in [-0.2, 0) is 30.2 Å². The number of ether oxygens (including phenoxy) is 1. The zero-order chi connectivity index (χ0) is 23.5. The van der Waals surface area contributed by atoms with Crippen LogP contribution in [0.4, 0.5) is 26.3 Å². The molecule has 3 rings (SSSR count). The molecule has 168 valence electrons. The predicted molar refractivity (Wildman–Crippen MR) is 104 cm³/mol. The number of hydrogen-bond donors (Lipinski definition) is 1. The average Bonchev–Trinajstić information content (AvgIpc) is 2.71. The molecule has 0 saturated heterocycles. The van der Waals surface area contributed by atoms with Gasteiger partial charge in [0.25, 0.3) is 0 Å². The number of carboxylic acid groups (broad SMARTS) is 1. The second-order valence-corrected chi connectivity index (χ2v) is 6.93. The number of carboxylic acids is 1. The third kappa shape index (κ3) is 5.60. The van der Waals surface area contributed by atoms with Crippen molar-refractivity contribution < 1.29 is 41.0 Å². The summed E-state index contributed by atoms with van der Waals surface area (Å²) < 4.78 is 85.5. The summed E-state index contributed by atoms with van der Waals surface area (Å²) in [4.78, 5) is 11.2. The van der Waals surface area contributed by atoms with Gasteiger partial charge in [0, 0.05) is 0 Å². The molecule has 0 amide bonds. The van der Waals surface area contributed by atoms with E-state index in [0.717, 1.165) is 30.3 Å². The van der Waals surface area contributed by atoms with E-state index in [1.54, 1.807) is 30.3 Å². The Morgan fingerprint density at radius 1 is 0.812 bits per heavy atom. The van der Waals surface area contributed by atoms with Crippen molar-refractivity contribution in [2.45, 2.75) is 25.4 Å². The molecule has 0 radical (unpaired) electrons. The predicted octanol–water partition coefficient (Wildman–Crippen LogP) is 6.60. The van der Waals surface area contributed by atoms with Crippen LogP contribution in [0.2, 0.25) is 0 Å². The quantitative estimate of drug-likeness (QED) is 0.427. The Morgan fingerprint density at radius 3 is 2.09 bits per heavy atom. The van der Waals surface area contributed by atoms with Gasteiger partial charge in [0.2, 0.25) is 0 Å². The number of alkyl halides is 6. The topological polar surface area (TPSA) is 46.5 Å². The molecule has 0 spiro atoms. The van der Waals surface area contributed by atoms with Crippen molar-refractivity contribution in [3.05, 3.63) is 89.0 Å². The van der Waals surface area contributed by atoms with Crippen molar-refractivity contribution in [3.63, 3.8) is 0 Å². The molecule has 3 aromatic carbocycles. The van der Waals surface area contributed by atoms with Crippen LogP contribution in [0.5, 0.6) is 5.75 Å². The number of halogens is 6. The lowest BCUT2D eigenvalue weighted by Gasteiger charge is -2.19. The van der Waals surface area contributed by atoms with E-state index >= 15 is 0 Å². The molecule has 3 nitrogen and oxygen atoms in total. The Labute approximate surface area is 178 Å². The maximum Gasteiger partial charge on any atom is 0.420 e. The molecule has 32 heavy (non-hydrogen) atoms. The minimum atomic E-state index is -4.94. The number of aliphatic carboxylic acids is 1. The van der Waals surface area contributed by atoms with E-state index in [1.165, 1.54) is 6.07 Å². The van der Waals surface area contributed by atoms with Crippen molar-refractivity contribution >= 4 is 5.97 Å². The van der Waals surface area contributed by atoms with Gasteiger partial charge in [-0.15, -0.1) is 0 Å². The first-order valence-corrected chi connectivity index (χ1v) is 9.25. The van der Waals surface area contributed by atoms with Crippen molar-refractivity contribution in [2.75, 3.05) is 0 Å². The molecule has 0 saturated carbocycles. The Balaban J connectivity index is 2.07. The molecule has 0 aliphatic rings. The second-order valence-electron chi connectivity index (χ2n) is 6.93. The smallest absolute Gasteiger partial charge is 0.420 e. The maximum atomic E-state index is 13.8. The fourth-order valence-electron chi connectivity index (χ4n) is 3.21. The lowest BCUT2D eigenvalue weighted by atomic mass is 9.96. The van der Waals surface area contributed by atoms with E-state index in [1.807, 2.05) is 0 Å². The summed E-state index contributed by atoms with van der Waals surface area (Å²) in [5.41, 5.74) is -1.92. The van der Waals surface area contributed by atoms with Gasteiger partial charge in [-0.25, -0.2) is 0 Å². The summed E-state index contributed by atoms with van der Waals surface area (Å²) in [6, 6.07) is 14.6. The number of hydrogen-bond acceptors (Lipinski definition) is 2. The normalized spacial score (nSPS) is 11.9. The van der Waals surface area contributed by atoms with E-state index in [4.69, 9.17) is 9.84 Å². The molecular formula is C23H16F6O3. The largest absolute Gasteiger partial charge is 0.488 e. The van der Waals surface area contributed by atoms with Gasteiger partial charge >= 0.3 is 18.3 Å². The van der Waals surface area contributed by atoms with Crippen molar-refractivity contribution in [1.29, 1.82) is 0 Å². The first-order valence-electron chi connectivity index (χ1n) is 9.25. The van der Waals surface area contributed by atoms with Gasteiger partial charge in [0.05, 0.1) is 12.0 Å². The lowest BCUT2D eigenvalue weighted by Crippen LogP contribution is -2.15. The van der Waals surface area contributed by atoms with E-state index in [0.29, 0.717) is 5.56 Å². The summed E-state index contributed by atoms with van der Waals surface area (Å²) >= 11 is 0. The average molecular weight is 454 g/mol. The van der Waals surface area contributed by atoms with Crippen LogP contribution in [0, 0.1) is 0 Å². The third-order valence-corrected chi connectivity index (χ3v) is 4.56. The van der Waals surface area contributed by atoms with Crippen LogP contribution in [0.3, 0.4) is 0 Å². The Morgan fingerprint density at radius 2 is 1.50 bits per heavy atom. The highest BCUT2D eigenvalue weighted by molar-refractivity contribution is 5.75. The van der Waals surface area contributed by atoms with Gasteiger partial charge in [-0.3, -0.25) is 4.79 Å². The molecule has 0 bridgehead atoms. The zero-order valence-electron chi connectivity index (χ0n) is 16.3. The van der Waals surface area contributed by atoms with Crippen LogP contribution >= 0.6 is 0 Å². The first kappa shape index (κ1) is 23.2. The Bertz CT molecular complexity index is 1100. The van der Waals surface area contributed by atoms with Gasteiger partial charge in [-0.2, -0.15) is 26.3 Å². The summed E-state index contributed by atoms with van der Waals surface area (Å²) in [5, 5.41) is 9.11. The number of rotatable bonds is 6. The molecule has 0 heterocycles. The van der Waals surface area contributed by atoms with Gasteiger partial charge in [-0.05, 0) is 46.5 Å². The highest BCUT2D eigenvalue weighted by Gasteiger charge is 2.38. The highest BCUT2D eigenvalue weighted by atomic mass is 19.4. The van der Waals surface area contributed by atoms with E-state index in [-0.39, 0.29) is 11.1 Å². The standard InChI is InChI=1S/C23H16F6O3/c24-22(25,26)18-8-4-5-14(9-18)13-32-19-11-16(15-6-2-1-3-7-15)10-17(12-20(30)31)21(19)23(27,28)29/h1-11H,12-13H2,(H,30,31). The van der Waals surface area contributed by atoms with Gasteiger partial charge in [0.1, 0.15) is 17.9 Å². The summed E-state index contributed by atoms with van der Waals surface area (Å²) in [7, 11) is 0. The molecule has 0 fully saturated rings. The van der Waals surface area contributed by atoms with E-state index < -0.39 is 53.8 Å². The van der Waals surface area contributed by atoms with E-state index in [2.05, 4.69) is 0 Å². The van der Waals surface area contributed by atoms with Crippen LogP contribution in [0.1, 0.15) is 22.3 Å². The summed E-state index contributed by atoms with van der Waals surface area (Å²) in [5.74, 6) is -2.13. The number of benzene rings is 3. The molecule has 0 aliphatic heterocycles. The minimum Gasteiger partial charge on any atom is -0.488 e. The van der Waals surface area contributed by atoms with Crippen molar-refractivity contribution in [3.8, 4) is 16.9 Å². The fraction of sp³-hybridized carbons (Fsp3) is 0.174. The van der Waals surface area contributed by atoms with Crippen molar-refractivity contribution in [2.24, 2.45) is 0 Å². The number of carbonyl (C=O) groups is 1. The van der Waals surface area contributed by atoms with Gasteiger partial charge in [-0.1, -0.05) is 42.5 Å². The fourth-order valence-corrected chi connectivity index (χ4v) is 3.21. The Hall–Kier alpha value is -3.49. The second kappa shape index (κ2) is 8.94. The van der Waals surface area contributed by atoms with Crippen LogP contribution in [0.15, 0.2) is 66.7 Å². The van der Waals surface area contributed by atoms with Crippen molar-refractivity contribution in [1.82, 2.24) is 0 Å². The summed E-state index contributed by atoms with van der Waals surface area (Å²) in [6.45, 7) is -0.572. The van der Waals surface area contributed by atoms with Crippen LogP contribution in [0.25, 0.3) is 11.1 Å². The van der Waals surface area contributed by atoms with Crippen LogP contribution in [-0.4, -0.2) is 11.1 Å². The zero-order valence-corrected chi connectivity index (χ0v) is 16.3. The van der Waals surface area contributed by atoms with Crippen LogP contribution < -0.4 is 4.74 Å². The first-order chi connectivity index (χ1) is 14.9. The molecule has 0 atom stereocenters. The maximum absolute atomic E-state index is 13.8. The molecule has 3 aromatic rings. The minimum absolute atomic E-state index is 0.0119. The third-order valence-electron chi connectivity index (χ3n) is 4.56. The lowest BCUT2D eigenvalue weighted by molar-refractivity contribution is -0.141. The van der Waals surface area contributed by atoms with Gasteiger partial charge < -0.3 is 9.84 Å². The highest BCUT2D eigenvalue weighted by Crippen LogP contribution is 2.42. The SMILES string of the molecule is O=C(O)Cc1cc(-c2ccccc2)cc(OCc2cccc(C(F)(F)F)c2)c1C(F)(F)F. The molecule has 1 N–H and O–H groups in total. The molecule has 0 aliphatic carbocycles. The van der Waals surface area contributed by atoms with Gasteiger partial charge in [0.15, 0.2) is 0 Å². The van der Waals surface area contributed by atoms with E-state index in [9.17, 15) is 31.1 Å². The molecule has 0 unspecified atom stereocenters. The molecule has 9 heteroatoms. The Kier molecular flexibility index (Phi) is 6.47. The molecular weight excluding hydrogens is 438 g/mol. The molecule has 0 aromatic heterocycles.